The predicted octanol–water partition coefficient (Wildman–Crippen LogP) is 2.68. The highest BCUT2D eigenvalue weighted by Gasteiger charge is 2.37. The molecule has 0 saturated carbocycles. The highest BCUT2D eigenvalue weighted by Crippen LogP contribution is 2.50. The summed E-state index contributed by atoms with van der Waals surface area (Å²) in [7, 11) is -9.57. The van der Waals surface area contributed by atoms with Gasteiger partial charge in [-0.1, -0.05) is 64.9 Å². The Morgan fingerprint density at radius 2 is 1.26 bits per heavy atom. The summed E-state index contributed by atoms with van der Waals surface area (Å²) in [6.07, 6.45) is 7.13. The Labute approximate surface area is 162 Å². The average molecular weight is 478 g/mol. The first-order valence-corrected chi connectivity index (χ1v) is 12.9. The van der Waals surface area contributed by atoms with Crippen molar-refractivity contribution in [3.05, 3.63) is 0 Å². The Bertz CT molecular complexity index is 573. The van der Waals surface area contributed by atoms with Crippen molar-refractivity contribution in [2.24, 2.45) is 0 Å². The molecular formula is C10H23O13PS3. The zero-order valence-electron chi connectivity index (χ0n) is 14.4. The third-order valence-electron chi connectivity index (χ3n) is 2.83. The Morgan fingerprint density at radius 1 is 0.815 bits per heavy atom. The molecule has 0 aromatic heterocycles. The topological polar surface area (TPSA) is 181 Å². The molecule has 0 aromatic carbocycles. The minimum atomic E-state index is -5.24. The van der Waals surface area contributed by atoms with Crippen LogP contribution in [0.15, 0.2) is 0 Å². The van der Waals surface area contributed by atoms with E-state index < -0.39 is 46.4 Å². The van der Waals surface area contributed by atoms with Gasteiger partial charge in [-0.3, -0.25) is 9.11 Å². The van der Waals surface area contributed by atoms with Crippen molar-refractivity contribution in [2.75, 3.05) is 5.75 Å². The average Bonchev–Trinajstić information content (AvgIpc) is 2.59. The highest BCUT2D eigenvalue weighted by atomic mass is 32.2. The summed E-state index contributed by atoms with van der Waals surface area (Å²) in [6, 6.07) is 0. The summed E-state index contributed by atoms with van der Waals surface area (Å²) >= 11 is -6.23. The first-order valence-electron chi connectivity index (χ1n) is 7.76. The SMILES string of the molecule is CCCCCCCCCCS(=O)(=O)OOP(=O)(OOS(=O)O)OOS(=O)O. The quantitative estimate of drug-likeness (QED) is 0.0965. The summed E-state index contributed by atoms with van der Waals surface area (Å²) in [6.45, 7) is 2.10. The zero-order valence-corrected chi connectivity index (χ0v) is 17.8. The van der Waals surface area contributed by atoms with Gasteiger partial charge in [0.1, 0.15) is 0 Å². The molecule has 27 heavy (non-hydrogen) atoms. The van der Waals surface area contributed by atoms with Crippen LogP contribution in [0.3, 0.4) is 0 Å². The van der Waals surface area contributed by atoms with Gasteiger partial charge in [-0.2, -0.15) is 16.8 Å². The smallest absolute Gasteiger partial charge is 0.282 e. The maximum Gasteiger partial charge on any atom is 0.559 e. The van der Waals surface area contributed by atoms with E-state index in [0.717, 1.165) is 38.5 Å². The van der Waals surface area contributed by atoms with Gasteiger partial charge in [0.25, 0.3) is 10.1 Å². The van der Waals surface area contributed by atoms with E-state index in [2.05, 4.69) is 33.9 Å². The maximum absolute atomic E-state index is 11.8. The van der Waals surface area contributed by atoms with Crippen LogP contribution in [0.5, 0.6) is 0 Å². The molecule has 0 radical (unpaired) electrons. The van der Waals surface area contributed by atoms with E-state index in [1.165, 1.54) is 0 Å². The lowest BCUT2D eigenvalue weighted by atomic mass is 10.1. The van der Waals surface area contributed by atoms with Crippen LogP contribution in [-0.2, 0) is 64.4 Å². The van der Waals surface area contributed by atoms with Crippen molar-refractivity contribution in [3.63, 3.8) is 0 Å². The van der Waals surface area contributed by atoms with Crippen molar-refractivity contribution < 1.29 is 57.5 Å². The van der Waals surface area contributed by atoms with Crippen molar-refractivity contribution in [1.29, 1.82) is 0 Å². The van der Waals surface area contributed by atoms with Gasteiger partial charge in [0.15, 0.2) is 0 Å². The van der Waals surface area contributed by atoms with Gasteiger partial charge in [-0.15, -0.1) is 14.0 Å². The molecule has 17 heteroatoms. The van der Waals surface area contributed by atoms with Gasteiger partial charge in [0, 0.05) is 0 Å². The lowest BCUT2D eigenvalue weighted by Gasteiger charge is -2.11. The Morgan fingerprint density at radius 3 is 1.70 bits per heavy atom. The molecule has 0 aliphatic carbocycles. The second kappa shape index (κ2) is 15.1. The molecule has 0 saturated heterocycles. The first-order chi connectivity index (χ1) is 12.6. The third-order valence-corrected chi connectivity index (χ3v) is 5.34. The molecule has 0 rings (SSSR count). The monoisotopic (exact) mass is 478 g/mol. The first kappa shape index (κ1) is 27.2. The van der Waals surface area contributed by atoms with Gasteiger partial charge in [0.05, 0.1) is 5.75 Å². The van der Waals surface area contributed by atoms with Crippen LogP contribution >= 0.6 is 7.82 Å². The van der Waals surface area contributed by atoms with Crippen LogP contribution in [-0.4, -0.2) is 31.7 Å². The molecule has 0 aliphatic rings. The molecule has 0 fully saturated rings. The molecule has 2 atom stereocenters. The van der Waals surface area contributed by atoms with Gasteiger partial charge in [-0.25, -0.2) is 4.57 Å². The molecule has 13 nitrogen and oxygen atoms in total. The summed E-state index contributed by atoms with van der Waals surface area (Å²) in [5, 5.41) is 0. The van der Waals surface area contributed by atoms with Crippen LogP contribution in [0, 0.1) is 0 Å². The van der Waals surface area contributed by atoms with Crippen LogP contribution in [0.1, 0.15) is 58.3 Å². The molecule has 0 spiro atoms. The molecular weight excluding hydrogens is 455 g/mol. The summed E-state index contributed by atoms with van der Waals surface area (Å²) in [5.74, 6) is -0.485. The van der Waals surface area contributed by atoms with Gasteiger partial charge < -0.3 is 0 Å². The van der Waals surface area contributed by atoms with Crippen LogP contribution in [0.4, 0.5) is 0 Å². The standard InChI is InChI=1S/C10H23O13PS3/c1-2-3-4-5-6-7-8-9-10-27(16,17)23-20-24(11,18-21-25(12)13)19-22-26(14)15/h2-10H2,1H3,(H,12,13)(H,14,15). The maximum atomic E-state index is 11.8. The summed E-state index contributed by atoms with van der Waals surface area (Å²) in [4.78, 5) is 0. The second-order valence-corrected chi connectivity index (χ2v) is 9.19. The van der Waals surface area contributed by atoms with E-state index in [1.807, 2.05) is 0 Å². The van der Waals surface area contributed by atoms with Crippen molar-refractivity contribution >= 4 is 40.7 Å². The zero-order chi connectivity index (χ0) is 20.8. The minimum Gasteiger partial charge on any atom is -0.282 e. The fourth-order valence-electron chi connectivity index (χ4n) is 1.69. The van der Waals surface area contributed by atoms with Crippen molar-refractivity contribution in [3.8, 4) is 0 Å². The predicted molar refractivity (Wildman–Crippen MR) is 92.1 cm³/mol. The van der Waals surface area contributed by atoms with Gasteiger partial charge in [-0.05, 0) is 6.42 Å². The molecule has 2 unspecified atom stereocenters. The van der Waals surface area contributed by atoms with E-state index in [9.17, 15) is 21.4 Å². The third kappa shape index (κ3) is 16.8. The minimum absolute atomic E-state index is 0.236. The lowest BCUT2D eigenvalue weighted by molar-refractivity contribution is -0.233. The Balaban J connectivity index is 4.30. The molecule has 0 bridgehead atoms. The summed E-state index contributed by atoms with van der Waals surface area (Å²) < 4.78 is 94.7. The fourth-order valence-corrected chi connectivity index (χ4v) is 4.08. The summed E-state index contributed by atoms with van der Waals surface area (Å²) in [5.41, 5.74) is 0. The van der Waals surface area contributed by atoms with Crippen LogP contribution in [0.25, 0.3) is 0 Å². The number of phosphoric acid groups is 1. The van der Waals surface area contributed by atoms with E-state index in [0.29, 0.717) is 6.42 Å². The molecule has 0 amide bonds. The molecule has 0 aliphatic heterocycles. The van der Waals surface area contributed by atoms with Crippen molar-refractivity contribution in [2.45, 2.75) is 58.3 Å². The van der Waals surface area contributed by atoms with Crippen LogP contribution in [0.2, 0.25) is 0 Å². The fraction of sp³-hybridized carbons (Fsp3) is 1.00. The molecule has 2 N–H and O–H groups in total. The normalized spacial score (nSPS) is 16.7. The van der Waals surface area contributed by atoms with Crippen molar-refractivity contribution in [1.82, 2.24) is 0 Å². The van der Waals surface area contributed by atoms with E-state index in [1.54, 1.807) is 0 Å². The van der Waals surface area contributed by atoms with E-state index in [4.69, 9.17) is 9.11 Å². The highest BCUT2D eigenvalue weighted by molar-refractivity contribution is 7.86. The number of hydrogen-bond donors (Lipinski definition) is 2. The lowest BCUT2D eigenvalue weighted by Crippen LogP contribution is -2.13. The van der Waals surface area contributed by atoms with Crippen LogP contribution < -0.4 is 0 Å². The molecule has 0 aromatic rings. The van der Waals surface area contributed by atoms with Gasteiger partial charge >= 0.3 is 30.5 Å². The largest absolute Gasteiger partial charge is 0.559 e. The number of hydrogen-bond acceptors (Lipinski definition) is 11. The Hall–Kier alpha value is 0.160. The second-order valence-electron chi connectivity index (χ2n) is 5.05. The number of unbranched alkanes of at least 4 members (excludes halogenated alkanes) is 7. The Kier molecular flexibility index (Phi) is 15.1. The number of rotatable bonds is 18. The molecule has 164 valence electrons. The van der Waals surface area contributed by atoms with Gasteiger partial charge in [0.2, 0.25) is 0 Å². The van der Waals surface area contributed by atoms with E-state index in [-0.39, 0.29) is 6.42 Å². The molecule has 0 heterocycles. The van der Waals surface area contributed by atoms with E-state index >= 15 is 0 Å².